The molecule has 0 fully saturated rings. The highest BCUT2D eigenvalue weighted by Gasteiger charge is 2.21. The molecular weight excluding hydrogens is 210 g/mol. The van der Waals surface area contributed by atoms with Crippen LogP contribution in [0.15, 0.2) is 30.3 Å². The average Bonchev–Trinajstić information content (AvgIpc) is 2.35. The summed E-state index contributed by atoms with van der Waals surface area (Å²) in [5.74, 6) is 0. The summed E-state index contributed by atoms with van der Waals surface area (Å²) in [7, 11) is 0. The fraction of sp³-hybridized carbons (Fsp3) is 0.500. The second-order valence-corrected chi connectivity index (χ2v) is 4.66. The van der Waals surface area contributed by atoms with Crippen molar-refractivity contribution >= 4 is 5.69 Å². The molecule has 0 heterocycles. The van der Waals surface area contributed by atoms with Gasteiger partial charge in [0.1, 0.15) is 0 Å². The summed E-state index contributed by atoms with van der Waals surface area (Å²) >= 11 is 0. The van der Waals surface area contributed by atoms with Crippen molar-refractivity contribution < 1.29 is 0 Å². The van der Waals surface area contributed by atoms with Gasteiger partial charge >= 0.3 is 0 Å². The third kappa shape index (κ3) is 4.46. The lowest BCUT2D eigenvalue weighted by molar-refractivity contribution is 0.435. The van der Waals surface area contributed by atoms with E-state index in [2.05, 4.69) is 30.0 Å². The van der Waals surface area contributed by atoms with E-state index in [4.69, 9.17) is 11.0 Å². The molecule has 0 aliphatic carbocycles. The Morgan fingerprint density at radius 3 is 2.53 bits per heavy atom. The van der Waals surface area contributed by atoms with Gasteiger partial charge in [-0.05, 0) is 32.4 Å². The summed E-state index contributed by atoms with van der Waals surface area (Å²) in [6.45, 7) is 5.82. The quantitative estimate of drug-likeness (QED) is 0.818. The molecule has 2 N–H and O–H groups in total. The SMILES string of the molecule is CCN(CC(C)(N)CCC#N)c1ccccc1. The van der Waals surface area contributed by atoms with Crippen LogP contribution in [-0.2, 0) is 0 Å². The normalized spacial score (nSPS) is 13.8. The molecule has 3 nitrogen and oxygen atoms in total. The third-order valence-electron chi connectivity index (χ3n) is 2.86. The Morgan fingerprint density at radius 2 is 2.00 bits per heavy atom. The van der Waals surface area contributed by atoms with Gasteiger partial charge in [-0.25, -0.2) is 0 Å². The molecule has 0 spiro atoms. The van der Waals surface area contributed by atoms with E-state index >= 15 is 0 Å². The Balaban J connectivity index is 2.67. The number of benzene rings is 1. The van der Waals surface area contributed by atoms with Crippen molar-refractivity contribution in [3.05, 3.63) is 30.3 Å². The maximum atomic E-state index is 8.62. The molecule has 17 heavy (non-hydrogen) atoms. The molecule has 92 valence electrons. The van der Waals surface area contributed by atoms with Crippen LogP contribution in [0.1, 0.15) is 26.7 Å². The van der Waals surface area contributed by atoms with Crippen LogP contribution in [-0.4, -0.2) is 18.6 Å². The van der Waals surface area contributed by atoms with Crippen LogP contribution in [0.4, 0.5) is 5.69 Å². The zero-order chi connectivity index (χ0) is 12.7. The molecule has 1 unspecified atom stereocenters. The molecule has 1 aromatic carbocycles. The molecule has 0 bridgehead atoms. The van der Waals surface area contributed by atoms with Crippen molar-refractivity contribution in [2.75, 3.05) is 18.0 Å². The number of nitriles is 1. The molecule has 1 atom stereocenters. The lowest BCUT2D eigenvalue weighted by Gasteiger charge is -2.33. The predicted octanol–water partition coefficient (Wildman–Crippen LogP) is 2.53. The highest BCUT2D eigenvalue weighted by molar-refractivity contribution is 5.46. The van der Waals surface area contributed by atoms with Gasteiger partial charge in [0.2, 0.25) is 0 Å². The van der Waals surface area contributed by atoms with E-state index in [0.717, 1.165) is 19.5 Å². The molecule has 0 radical (unpaired) electrons. The molecule has 0 aromatic heterocycles. The number of rotatable bonds is 6. The fourth-order valence-corrected chi connectivity index (χ4v) is 1.88. The van der Waals surface area contributed by atoms with Crippen LogP contribution in [0.25, 0.3) is 0 Å². The lowest BCUT2D eigenvalue weighted by Crippen LogP contribution is -2.48. The molecule has 0 saturated carbocycles. The molecule has 0 amide bonds. The van der Waals surface area contributed by atoms with Gasteiger partial charge in [-0.1, -0.05) is 18.2 Å². The molecular formula is C14H21N3. The number of nitrogens with two attached hydrogens (primary N) is 1. The molecule has 1 aromatic rings. The van der Waals surface area contributed by atoms with Gasteiger partial charge in [-0.2, -0.15) is 5.26 Å². The minimum atomic E-state index is -0.318. The third-order valence-corrected chi connectivity index (χ3v) is 2.86. The number of para-hydroxylation sites is 1. The van der Waals surface area contributed by atoms with Crippen LogP contribution in [0.2, 0.25) is 0 Å². The highest BCUT2D eigenvalue weighted by atomic mass is 15.1. The van der Waals surface area contributed by atoms with Gasteiger partial charge < -0.3 is 10.6 Å². The minimum absolute atomic E-state index is 0.318. The van der Waals surface area contributed by atoms with Gasteiger partial charge in [0.15, 0.2) is 0 Å². The van der Waals surface area contributed by atoms with Gasteiger partial charge in [0.25, 0.3) is 0 Å². The first-order valence-corrected chi connectivity index (χ1v) is 6.05. The van der Waals surface area contributed by atoms with E-state index in [1.54, 1.807) is 0 Å². The second kappa shape index (κ2) is 6.27. The zero-order valence-electron chi connectivity index (χ0n) is 10.7. The van der Waals surface area contributed by atoms with E-state index in [0.29, 0.717) is 6.42 Å². The van der Waals surface area contributed by atoms with Gasteiger partial charge in [-0.15, -0.1) is 0 Å². The minimum Gasteiger partial charge on any atom is -0.370 e. The second-order valence-electron chi connectivity index (χ2n) is 4.66. The number of nitrogens with zero attached hydrogens (tertiary/aromatic N) is 2. The fourth-order valence-electron chi connectivity index (χ4n) is 1.88. The Kier molecular flexibility index (Phi) is 4.99. The Bertz CT molecular complexity index is 365. The zero-order valence-corrected chi connectivity index (χ0v) is 10.7. The topological polar surface area (TPSA) is 53.0 Å². The standard InChI is InChI=1S/C14H21N3/c1-3-17(13-8-5-4-6-9-13)12-14(2,16)10-7-11-15/h4-6,8-9H,3,7,10,12,16H2,1-2H3. The average molecular weight is 231 g/mol. The van der Waals surface area contributed by atoms with Crippen molar-refractivity contribution in [3.8, 4) is 6.07 Å². The number of likely N-dealkylation sites (N-methyl/N-ethyl adjacent to an activating group) is 1. The Hall–Kier alpha value is -1.53. The summed E-state index contributed by atoms with van der Waals surface area (Å²) in [5, 5.41) is 8.62. The number of anilines is 1. The van der Waals surface area contributed by atoms with Gasteiger partial charge in [-0.3, -0.25) is 0 Å². The van der Waals surface area contributed by atoms with Crippen LogP contribution in [0, 0.1) is 11.3 Å². The van der Waals surface area contributed by atoms with Crippen LogP contribution in [0.3, 0.4) is 0 Å². The Morgan fingerprint density at radius 1 is 1.35 bits per heavy atom. The first-order valence-electron chi connectivity index (χ1n) is 6.05. The molecule has 3 heteroatoms. The highest BCUT2D eigenvalue weighted by Crippen LogP contribution is 2.18. The van der Waals surface area contributed by atoms with Gasteiger partial charge in [0, 0.05) is 30.7 Å². The molecule has 0 saturated heterocycles. The number of hydrogen-bond donors (Lipinski definition) is 1. The van der Waals surface area contributed by atoms with E-state index in [1.807, 2.05) is 25.1 Å². The predicted molar refractivity (Wildman–Crippen MR) is 71.8 cm³/mol. The van der Waals surface area contributed by atoms with E-state index in [-0.39, 0.29) is 5.54 Å². The van der Waals surface area contributed by atoms with E-state index < -0.39 is 0 Å². The van der Waals surface area contributed by atoms with Crippen molar-refractivity contribution in [2.45, 2.75) is 32.2 Å². The summed E-state index contributed by atoms with van der Waals surface area (Å²) < 4.78 is 0. The maximum absolute atomic E-state index is 8.62. The van der Waals surface area contributed by atoms with Crippen molar-refractivity contribution in [1.29, 1.82) is 5.26 Å². The first-order chi connectivity index (χ1) is 8.09. The molecule has 0 aliphatic rings. The first kappa shape index (κ1) is 13.5. The summed E-state index contributed by atoms with van der Waals surface area (Å²) in [6, 6.07) is 12.4. The van der Waals surface area contributed by atoms with Crippen molar-refractivity contribution in [3.63, 3.8) is 0 Å². The van der Waals surface area contributed by atoms with Gasteiger partial charge in [0.05, 0.1) is 6.07 Å². The van der Waals surface area contributed by atoms with Crippen molar-refractivity contribution in [1.82, 2.24) is 0 Å². The van der Waals surface area contributed by atoms with E-state index in [9.17, 15) is 0 Å². The Labute approximate surface area is 104 Å². The van der Waals surface area contributed by atoms with E-state index in [1.165, 1.54) is 5.69 Å². The van der Waals surface area contributed by atoms with Crippen molar-refractivity contribution in [2.24, 2.45) is 5.73 Å². The summed E-state index contributed by atoms with van der Waals surface area (Å²) in [4.78, 5) is 2.25. The monoisotopic (exact) mass is 231 g/mol. The largest absolute Gasteiger partial charge is 0.370 e. The molecule has 1 rings (SSSR count). The smallest absolute Gasteiger partial charge is 0.0622 e. The summed E-state index contributed by atoms with van der Waals surface area (Å²) in [5.41, 5.74) is 7.09. The van der Waals surface area contributed by atoms with Crippen LogP contribution >= 0.6 is 0 Å². The van der Waals surface area contributed by atoms with Crippen LogP contribution < -0.4 is 10.6 Å². The molecule has 0 aliphatic heterocycles. The number of hydrogen-bond acceptors (Lipinski definition) is 3. The van der Waals surface area contributed by atoms with Crippen LogP contribution in [0.5, 0.6) is 0 Å². The maximum Gasteiger partial charge on any atom is 0.0622 e. The lowest BCUT2D eigenvalue weighted by atomic mass is 9.96. The summed E-state index contributed by atoms with van der Waals surface area (Å²) in [6.07, 6.45) is 1.24.